The molecule has 0 aliphatic heterocycles. The van der Waals surface area contributed by atoms with Gasteiger partial charge in [0.15, 0.2) is 6.61 Å². The number of hydrazone groups is 1. The van der Waals surface area contributed by atoms with Crippen molar-refractivity contribution in [3.63, 3.8) is 0 Å². The van der Waals surface area contributed by atoms with Gasteiger partial charge in [-0.3, -0.25) is 4.79 Å². The number of carbonyl (C=O) groups is 3. The average molecular weight is 495 g/mol. The second-order valence-corrected chi connectivity index (χ2v) is 7.61. The Labute approximate surface area is 213 Å². The molecule has 4 rings (SSSR count). The lowest BCUT2D eigenvalue weighted by atomic mass is 10.2. The Bertz CT molecular complexity index is 1390. The molecule has 0 saturated heterocycles. The molecule has 0 fully saturated rings. The highest BCUT2D eigenvalue weighted by molar-refractivity contribution is 5.94. The first kappa shape index (κ1) is 24.9. The van der Waals surface area contributed by atoms with Crippen molar-refractivity contribution in [3.05, 3.63) is 126 Å². The van der Waals surface area contributed by atoms with Gasteiger partial charge in [-0.15, -0.1) is 0 Å². The number of hydrogen-bond acceptors (Lipinski definition) is 7. The normalized spacial score (nSPS) is 10.5. The highest BCUT2D eigenvalue weighted by Crippen LogP contribution is 2.26. The van der Waals surface area contributed by atoms with Gasteiger partial charge in [0.05, 0.1) is 17.3 Å². The summed E-state index contributed by atoms with van der Waals surface area (Å²) in [5, 5.41) is 3.93. The third-order valence-electron chi connectivity index (χ3n) is 4.92. The first-order chi connectivity index (χ1) is 18.1. The molecule has 1 N–H and O–H groups in total. The molecule has 0 atom stereocenters. The van der Waals surface area contributed by atoms with E-state index in [4.69, 9.17) is 14.2 Å². The number of esters is 2. The lowest BCUT2D eigenvalue weighted by Gasteiger charge is -2.10. The third-order valence-corrected chi connectivity index (χ3v) is 4.92. The van der Waals surface area contributed by atoms with E-state index in [2.05, 4.69) is 10.5 Å². The number of ether oxygens (including phenoxy) is 3. The zero-order valence-electron chi connectivity index (χ0n) is 19.6. The molecular weight excluding hydrogens is 472 g/mol. The Balaban J connectivity index is 1.47. The van der Waals surface area contributed by atoms with Crippen LogP contribution in [0.2, 0.25) is 0 Å². The predicted octanol–water partition coefficient (Wildman–Crippen LogP) is 4.65. The van der Waals surface area contributed by atoms with Gasteiger partial charge in [0.2, 0.25) is 0 Å². The van der Waals surface area contributed by atoms with E-state index in [0.717, 1.165) is 0 Å². The second kappa shape index (κ2) is 12.5. The zero-order valence-corrected chi connectivity index (χ0v) is 19.6. The van der Waals surface area contributed by atoms with Crippen LogP contribution in [0, 0.1) is 0 Å². The molecule has 0 unspecified atom stereocenters. The van der Waals surface area contributed by atoms with Crippen LogP contribution in [0.15, 0.2) is 114 Å². The molecular formula is C29H22N2O6. The standard InChI is InChI=1S/C29H22N2O6/c32-27(20-35-24-14-8-3-9-15-24)31-30-19-23-16-17-25(36-28(33)21-10-4-1-5-11-21)18-26(23)37-29(34)22-12-6-2-7-13-22/h1-19H,20H2,(H,31,32). The monoisotopic (exact) mass is 494 g/mol. The lowest BCUT2D eigenvalue weighted by molar-refractivity contribution is -0.123. The lowest BCUT2D eigenvalue weighted by Crippen LogP contribution is -2.24. The van der Waals surface area contributed by atoms with E-state index in [1.807, 2.05) is 6.07 Å². The third kappa shape index (κ3) is 7.37. The number of benzene rings is 4. The van der Waals surface area contributed by atoms with Crippen LogP contribution in [0.3, 0.4) is 0 Å². The largest absolute Gasteiger partial charge is 0.484 e. The van der Waals surface area contributed by atoms with E-state index < -0.39 is 17.8 Å². The van der Waals surface area contributed by atoms with Gasteiger partial charge >= 0.3 is 11.9 Å². The number of nitrogens with one attached hydrogen (secondary N) is 1. The zero-order chi connectivity index (χ0) is 25.9. The summed E-state index contributed by atoms with van der Waals surface area (Å²) in [4.78, 5) is 37.2. The quantitative estimate of drug-likeness (QED) is 0.157. The van der Waals surface area contributed by atoms with Crippen LogP contribution < -0.4 is 19.6 Å². The van der Waals surface area contributed by atoms with Crippen LogP contribution in [0.4, 0.5) is 0 Å². The molecule has 0 spiro atoms. The second-order valence-electron chi connectivity index (χ2n) is 7.61. The molecule has 184 valence electrons. The van der Waals surface area contributed by atoms with Crippen LogP contribution in [-0.4, -0.2) is 30.7 Å². The van der Waals surface area contributed by atoms with Crippen molar-refractivity contribution in [3.8, 4) is 17.2 Å². The summed E-state index contributed by atoms with van der Waals surface area (Å²) < 4.78 is 16.4. The summed E-state index contributed by atoms with van der Waals surface area (Å²) >= 11 is 0. The Morgan fingerprint density at radius 3 is 1.86 bits per heavy atom. The Hall–Kier alpha value is -5.24. The minimum atomic E-state index is -0.609. The highest BCUT2D eigenvalue weighted by Gasteiger charge is 2.15. The first-order valence-corrected chi connectivity index (χ1v) is 11.3. The molecule has 0 bridgehead atoms. The molecule has 0 aromatic heterocycles. The molecule has 1 amide bonds. The average Bonchev–Trinajstić information content (AvgIpc) is 2.94. The van der Waals surface area contributed by atoms with Gasteiger partial charge in [-0.1, -0.05) is 54.6 Å². The minimum absolute atomic E-state index is 0.0887. The highest BCUT2D eigenvalue weighted by atomic mass is 16.5. The van der Waals surface area contributed by atoms with Gasteiger partial charge in [0.25, 0.3) is 5.91 Å². The van der Waals surface area contributed by atoms with Crippen molar-refractivity contribution < 1.29 is 28.6 Å². The van der Waals surface area contributed by atoms with Crippen molar-refractivity contribution in [1.82, 2.24) is 5.43 Å². The predicted molar refractivity (Wildman–Crippen MR) is 137 cm³/mol. The Morgan fingerprint density at radius 1 is 0.676 bits per heavy atom. The molecule has 0 aliphatic rings. The maximum atomic E-state index is 12.7. The van der Waals surface area contributed by atoms with E-state index in [0.29, 0.717) is 22.4 Å². The maximum Gasteiger partial charge on any atom is 0.343 e. The number of hydrogen-bond donors (Lipinski definition) is 1. The van der Waals surface area contributed by atoms with Crippen LogP contribution in [0.25, 0.3) is 0 Å². The maximum absolute atomic E-state index is 12.7. The van der Waals surface area contributed by atoms with Crippen molar-refractivity contribution in [2.45, 2.75) is 0 Å². The SMILES string of the molecule is O=C(COc1ccccc1)NN=Cc1ccc(OC(=O)c2ccccc2)cc1OC(=O)c1ccccc1. The summed E-state index contributed by atoms with van der Waals surface area (Å²) in [6, 6.07) is 30.3. The number of para-hydroxylation sites is 1. The van der Waals surface area contributed by atoms with Crippen molar-refractivity contribution >= 4 is 24.1 Å². The number of amides is 1. The smallest absolute Gasteiger partial charge is 0.343 e. The number of rotatable bonds is 9. The molecule has 4 aromatic rings. The van der Waals surface area contributed by atoms with Crippen LogP contribution >= 0.6 is 0 Å². The van der Waals surface area contributed by atoms with Gasteiger partial charge in [-0.05, 0) is 48.5 Å². The van der Waals surface area contributed by atoms with Gasteiger partial charge in [0, 0.05) is 11.6 Å². The molecule has 0 heterocycles. The van der Waals surface area contributed by atoms with E-state index >= 15 is 0 Å². The van der Waals surface area contributed by atoms with Gasteiger partial charge in [0.1, 0.15) is 17.2 Å². The van der Waals surface area contributed by atoms with E-state index in [9.17, 15) is 14.4 Å². The first-order valence-electron chi connectivity index (χ1n) is 11.3. The Morgan fingerprint density at radius 2 is 1.24 bits per heavy atom. The molecule has 0 radical (unpaired) electrons. The van der Waals surface area contributed by atoms with Crippen LogP contribution in [0.1, 0.15) is 26.3 Å². The van der Waals surface area contributed by atoms with Crippen molar-refractivity contribution in [2.75, 3.05) is 6.61 Å². The minimum Gasteiger partial charge on any atom is -0.484 e. The summed E-state index contributed by atoms with van der Waals surface area (Å²) in [5.74, 6) is -0.836. The van der Waals surface area contributed by atoms with Gasteiger partial charge in [-0.25, -0.2) is 15.0 Å². The van der Waals surface area contributed by atoms with Crippen LogP contribution in [0.5, 0.6) is 17.2 Å². The molecule has 37 heavy (non-hydrogen) atoms. The van der Waals surface area contributed by atoms with Crippen molar-refractivity contribution in [1.29, 1.82) is 0 Å². The molecule has 8 nitrogen and oxygen atoms in total. The summed E-state index contributed by atoms with van der Waals surface area (Å²) in [6.45, 7) is -0.231. The summed E-state index contributed by atoms with van der Waals surface area (Å²) in [5.41, 5.74) is 3.44. The van der Waals surface area contributed by atoms with Crippen LogP contribution in [-0.2, 0) is 4.79 Å². The number of nitrogens with zero attached hydrogens (tertiary/aromatic N) is 1. The molecule has 4 aromatic carbocycles. The Kier molecular flexibility index (Phi) is 8.38. The number of carbonyl (C=O) groups excluding carboxylic acids is 3. The molecule has 8 heteroatoms. The van der Waals surface area contributed by atoms with E-state index in [-0.39, 0.29) is 18.1 Å². The molecule has 0 aliphatic carbocycles. The van der Waals surface area contributed by atoms with Crippen molar-refractivity contribution in [2.24, 2.45) is 5.10 Å². The fourth-order valence-electron chi connectivity index (χ4n) is 3.12. The van der Waals surface area contributed by atoms with Gasteiger partial charge in [-0.2, -0.15) is 5.10 Å². The van der Waals surface area contributed by atoms with E-state index in [1.165, 1.54) is 18.3 Å². The fourth-order valence-corrected chi connectivity index (χ4v) is 3.12. The van der Waals surface area contributed by atoms with Gasteiger partial charge < -0.3 is 14.2 Å². The molecule has 0 saturated carbocycles. The van der Waals surface area contributed by atoms with E-state index in [1.54, 1.807) is 91.0 Å². The summed E-state index contributed by atoms with van der Waals surface area (Å²) in [6.07, 6.45) is 1.32. The summed E-state index contributed by atoms with van der Waals surface area (Å²) in [7, 11) is 0. The topological polar surface area (TPSA) is 103 Å². The fraction of sp³-hybridized carbons (Fsp3) is 0.0345.